The summed E-state index contributed by atoms with van der Waals surface area (Å²) >= 11 is 0. The van der Waals surface area contributed by atoms with Crippen molar-refractivity contribution in [3.8, 4) is 11.6 Å². The third-order valence-corrected chi connectivity index (χ3v) is 1.61. The molecule has 4 nitrogen and oxygen atoms in total. The Labute approximate surface area is 73.8 Å². The third-order valence-electron chi connectivity index (χ3n) is 1.61. The van der Waals surface area contributed by atoms with Gasteiger partial charge >= 0.3 is 0 Å². The second kappa shape index (κ2) is 3.01. The summed E-state index contributed by atoms with van der Waals surface area (Å²) in [6.45, 7) is 1.35. The molecule has 1 atom stereocenters. The second-order valence-corrected chi connectivity index (χ2v) is 2.65. The van der Waals surface area contributed by atoms with Gasteiger partial charge in [0.25, 0.3) is 11.8 Å². The largest absolute Gasteiger partial charge is 0.416 e. The standard InChI is InChI=1S/C8H8FN3O/c1-5(9)7-11-12-8(13-7)6-3-2-4-10-6/h2-5,10H,1H3. The first-order valence-electron chi connectivity index (χ1n) is 3.88. The van der Waals surface area contributed by atoms with Crippen LogP contribution in [0.15, 0.2) is 22.7 Å². The molecule has 0 amide bonds. The maximum absolute atomic E-state index is 12.7. The molecule has 2 rings (SSSR count). The number of aromatic amines is 1. The lowest BCUT2D eigenvalue weighted by Crippen LogP contribution is -1.83. The molecule has 0 aliphatic rings. The number of H-pyrrole nitrogens is 1. The van der Waals surface area contributed by atoms with E-state index in [4.69, 9.17) is 4.42 Å². The Kier molecular flexibility index (Phi) is 1.84. The van der Waals surface area contributed by atoms with E-state index in [1.807, 2.05) is 0 Å². The molecule has 0 spiro atoms. The first-order valence-corrected chi connectivity index (χ1v) is 3.88. The summed E-state index contributed by atoms with van der Waals surface area (Å²) in [7, 11) is 0. The van der Waals surface area contributed by atoms with E-state index in [-0.39, 0.29) is 5.89 Å². The number of hydrogen-bond acceptors (Lipinski definition) is 3. The Morgan fingerprint density at radius 3 is 2.92 bits per heavy atom. The topological polar surface area (TPSA) is 54.7 Å². The fraction of sp³-hybridized carbons (Fsp3) is 0.250. The molecule has 0 bridgehead atoms. The van der Waals surface area contributed by atoms with E-state index >= 15 is 0 Å². The molecule has 0 saturated heterocycles. The molecule has 0 aliphatic heterocycles. The van der Waals surface area contributed by atoms with Crippen molar-refractivity contribution in [3.63, 3.8) is 0 Å². The SMILES string of the molecule is CC(F)c1nnc(-c2ccc[nH]2)o1. The maximum atomic E-state index is 12.7. The molecule has 2 heterocycles. The molecule has 0 fully saturated rings. The first kappa shape index (κ1) is 7.97. The molecular formula is C8H8FN3O. The minimum atomic E-state index is -1.23. The summed E-state index contributed by atoms with van der Waals surface area (Å²) in [5, 5.41) is 7.25. The van der Waals surface area contributed by atoms with E-state index in [0.717, 1.165) is 0 Å². The highest BCUT2D eigenvalue weighted by Crippen LogP contribution is 2.20. The number of rotatable bonds is 2. The maximum Gasteiger partial charge on any atom is 0.264 e. The van der Waals surface area contributed by atoms with E-state index in [9.17, 15) is 4.39 Å². The van der Waals surface area contributed by atoms with Gasteiger partial charge in [0.1, 0.15) is 5.69 Å². The molecule has 5 heteroatoms. The molecule has 0 aromatic carbocycles. The lowest BCUT2D eigenvalue weighted by molar-refractivity contribution is 0.301. The number of alkyl halides is 1. The van der Waals surface area contributed by atoms with Gasteiger partial charge in [-0.15, -0.1) is 10.2 Å². The van der Waals surface area contributed by atoms with Crippen LogP contribution >= 0.6 is 0 Å². The summed E-state index contributed by atoms with van der Waals surface area (Å²) in [5.41, 5.74) is 0.694. The average Bonchev–Trinajstić information content (AvgIpc) is 2.75. The summed E-state index contributed by atoms with van der Waals surface area (Å²) in [6.07, 6.45) is 0.508. The van der Waals surface area contributed by atoms with Crippen molar-refractivity contribution in [1.82, 2.24) is 15.2 Å². The van der Waals surface area contributed by atoms with Gasteiger partial charge < -0.3 is 9.40 Å². The molecule has 68 valence electrons. The van der Waals surface area contributed by atoms with Gasteiger partial charge in [0.15, 0.2) is 6.17 Å². The van der Waals surface area contributed by atoms with Crippen LogP contribution in [0.25, 0.3) is 11.6 Å². The zero-order valence-electron chi connectivity index (χ0n) is 6.99. The van der Waals surface area contributed by atoms with Gasteiger partial charge in [-0.1, -0.05) is 0 Å². The Hall–Kier alpha value is -1.65. The van der Waals surface area contributed by atoms with E-state index in [1.54, 1.807) is 18.3 Å². The van der Waals surface area contributed by atoms with Crippen LogP contribution in [0, 0.1) is 0 Å². The third kappa shape index (κ3) is 1.44. The van der Waals surface area contributed by atoms with Crippen LogP contribution in [-0.2, 0) is 0 Å². The van der Waals surface area contributed by atoms with Crippen LogP contribution < -0.4 is 0 Å². The van der Waals surface area contributed by atoms with Crippen LogP contribution in [-0.4, -0.2) is 15.2 Å². The normalized spacial score (nSPS) is 13.1. The first-order chi connectivity index (χ1) is 6.27. The Bertz CT molecular complexity index is 380. The smallest absolute Gasteiger partial charge is 0.264 e. The number of halogens is 1. The monoisotopic (exact) mass is 181 g/mol. The van der Waals surface area contributed by atoms with Crippen LogP contribution in [0.1, 0.15) is 19.0 Å². The Morgan fingerprint density at radius 2 is 2.38 bits per heavy atom. The average molecular weight is 181 g/mol. The number of hydrogen-bond donors (Lipinski definition) is 1. The Balaban J connectivity index is 2.33. The van der Waals surface area contributed by atoms with E-state index in [0.29, 0.717) is 11.6 Å². The highest BCUT2D eigenvalue weighted by Gasteiger charge is 2.13. The van der Waals surface area contributed by atoms with Gasteiger partial charge in [0, 0.05) is 6.20 Å². The van der Waals surface area contributed by atoms with E-state index < -0.39 is 6.17 Å². The van der Waals surface area contributed by atoms with Gasteiger partial charge in [0.05, 0.1) is 0 Å². The molecule has 2 aromatic rings. The number of nitrogens with zero attached hydrogens (tertiary/aromatic N) is 2. The van der Waals surface area contributed by atoms with Gasteiger partial charge in [-0.3, -0.25) is 0 Å². The number of aromatic nitrogens is 3. The molecule has 13 heavy (non-hydrogen) atoms. The van der Waals surface area contributed by atoms with Gasteiger partial charge in [-0.2, -0.15) is 0 Å². The summed E-state index contributed by atoms with van der Waals surface area (Å²) < 4.78 is 17.7. The van der Waals surface area contributed by atoms with Crippen LogP contribution in [0.2, 0.25) is 0 Å². The summed E-state index contributed by atoms with van der Waals surface area (Å²) in [4.78, 5) is 2.89. The molecular weight excluding hydrogens is 173 g/mol. The van der Waals surface area contributed by atoms with Crippen molar-refractivity contribution in [2.24, 2.45) is 0 Å². The fourth-order valence-electron chi connectivity index (χ4n) is 0.968. The van der Waals surface area contributed by atoms with Gasteiger partial charge in [0.2, 0.25) is 0 Å². The van der Waals surface area contributed by atoms with Crippen molar-refractivity contribution in [1.29, 1.82) is 0 Å². The number of nitrogens with one attached hydrogen (secondary N) is 1. The summed E-state index contributed by atoms with van der Waals surface area (Å²) in [6, 6.07) is 3.58. The molecule has 0 radical (unpaired) electrons. The van der Waals surface area contributed by atoms with Crippen LogP contribution in [0.3, 0.4) is 0 Å². The van der Waals surface area contributed by atoms with Crippen molar-refractivity contribution in [2.45, 2.75) is 13.1 Å². The molecule has 0 saturated carbocycles. The highest BCUT2D eigenvalue weighted by molar-refractivity contribution is 5.45. The highest BCUT2D eigenvalue weighted by atomic mass is 19.1. The lowest BCUT2D eigenvalue weighted by Gasteiger charge is -1.90. The Morgan fingerprint density at radius 1 is 1.54 bits per heavy atom. The fourth-order valence-corrected chi connectivity index (χ4v) is 0.968. The summed E-state index contributed by atoms with van der Waals surface area (Å²) in [5.74, 6) is 0.314. The van der Waals surface area contributed by atoms with Crippen molar-refractivity contribution >= 4 is 0 Å². The minimum Gasteiger partial charge on any atom is -0.416 e. The molecule has 2 aromatic heterocycles. The second-order valence-electron chi connectivity index (χ2n) is 2.65. The minimum absolute atomic E-state index is 0.00426. The zero-order chi connectivity index (χ0) is 9.26. The van der Waals surface area contributed by atoms with Crippen molar-refractivity contribution in [3.05, 3.63) is 24.2 Å². The predicted octanol–water partition coefficient (Wildman–Crippen LogP) is 2.10. The van der Waals surface area contributed by atoms with E-state index in [1.165, 1.54) is 6.92 Å². The molecule has 1 unspecified atom stereocenters. The van der Waals surface area contributed by atoms with Gasteiger partial charge in [-0.05, 0) is 19.1 Å². The zero-order valence-corrected chi connectivity index (χ0v) is 6.99. The van der Waals surface area contributed by atoms with Crippen molar-refractivity contribution in [2.75, 3.05) is 0 Å². The van der Waals surface area contributed by atoms with Gasteiger partial charge in [-0.25, -0.2) is 4.39 Å². The van der Waals surface area contributed by atoms with Crippen molar-refractivity contribution < 1.29 is 8.81 Å². The molecule has 0 aliphatic carbocycles. The quantitative estimate of drug-likeness (QED) is 0.771. The van der Waals surface area contributed by atoms with Crippen LogP contribution in [0.5, 0.6) is 0 Å². The lowest BCUT2D eigenvalue weighted by atomic mass is 10.4. The predicted molar refractivity (Wildman–Crippen MR) is 43.6 cm³/mol. The van der Waals surface area contributed by atoms with E-state index in [2.05, 4.69) is 15.2 Å². The molecule has 1 N–H and O–H groups in total. The van der Waals surface area contributed by atoms with Crippen LogP contribution in [0.4, 0.5) is 4.39 Å².